The van der Waals surface area contributed by atoms with Gasteiger partial charge in [-0.2, -0.15) is 0 Å². The fourth-order valence-corrected chi connectivity index (χ4v) is 2.99. The van der Waals surface area contributed by atoms with E-state index in [0.29, 0.717) is 30.9 Å². The van der Waals surface area contributed by atoms with Crippen molar-refractivity contribution in [2.24, 2.45) is 5.92 Å². The zero-order chi connectivity index (χ0) is 12.1. The molecule has 0 aromatic heterocycles. The summed E-state index contributed by atoms with van der Waals surface area (Å²) in [5, 5.41) is 3.41. The molecule has 4 heteroatoms. The van der Waals surface area contributed by atoms with E-state index in [9.17, 15) is 4.79 Å². The van der Waals surface area contributed by atoms with E-state index in [-0.39, 0.29) is 0 Å². The Morgan fingerprint density at radius 3 is 3.18 bits per heavy atom. The van der Waals surface area contributed by atoms with Gasteiger partial charge in [0.05, 0.1) is 0 Å². The lowest BCUT2D eigenvalue weighted by molar-refractivity contribution is -0.135. The average molecular weight is 240 g/mol. The summed E-state index contributed by atoms with van der Waals surface area (Å²) in [5.74, 6) is 1.02. The lowest BCUT2D eigenvalue weighted by atomic mass is 9.92. The van der Waals surface area contributed by atoms with Crippen molar-refractivity contribution in [3.05, 3.63) is 0 Å². The van der Waals surface area contributed by atoms with Gasteiger partial charge in [-0.05, 0) is 32.1 Å². The number of fused-ring (bicyclic) bond motifs is 1. The molecule has 98 valence electrons. The Morgan fingerprint density at radius 1 is 1.47 bits per heavy atom. The third-order valence-corrected chi connectivity index (χ3v) is 3.88. The number of carbonyl (C=O) groups excluding carboxylic acids is 1. The van der Waals surface area contributed by atoms with Crippen LogP contribution in [0.3, 0.4) is 0 Å². The summed E-state index contributed by atoms with van der Waals surface area (Å²) in [7, 11) is 0. The molecule has 0 aliphatic carbocycles. The number of likely N-dealkylation sites (tertiary alicyclic amines) is 1. The number of ether oxygens (including phenoxy) is 1. The molecule has 2 aliphatic heterocycles. The second-order valence-electron chi connectivity index (χ2n) is 5.02. The van der Waals surface area contributed by atoms with Gasteiger partial charge in [0.25, 0.3) is 0 Å². The number of hydrogen-bond acceptors (Lipinski definition) is 3. The molecule has 17 heavy (non-hydrogen) atoms. The van der Waals surface area contributed by atoms with E-state index >= 15 is 0 Å². The van der Waals surface area contributed by atoms with Crippen LogP contribution < -0.4 is 5.32 Å². The Bertz CT molecular complexity index is 258. The summed E-state index contributed by atoms with van der Waals surface area (Å²) in [6.45, 7) is 6.47. The number of amides is 1. The third-order valence-electron chi connectivity index (χ3n) is 3.88. The van der Waals surface area contributed by atoms with Gasteiger partial charge in [0, 0.05) is 45.3 Å². The van der Waals surface area contributed by atoms with Crippen molar-refractivity contribution in [3.63, 3.8) is 0 Å². The van der Waals surface area contributed by atoms with Crippen LogP contribution in [0.25, 0.3) is 0 Å². The first kappa shape index (κ1) is 12.8. The van der Waals surface area contributed by atoms with Gasteiger partial charge in [0.1, 0.15) is 0 Å². The molecule has 1 N–H and O–H groups in total. The van der Waals surface area contributed by atoms with Crippen LogP contribution >= 0.6 is 0 Å². The molecule has 2 rings (SSSR count). The maximum atomic E-state index is 12.1. The maximum absolute atomic E-state index is 12.1. The van der Waals surface area contributed by atoms with Gasteiger partial charge in [-0.3, -0.25) is 4.79 Å². The van der Waals surface area contributed by atoms with Crippen molar-refractivity contribution in [1.82, 2.24) is 10.2 Å². The highest BCUT2D eigenvalue weighted by molar-refractivity contribution is 5.76. The lowest BCUT2D eigenvalue weighted by Gasteiger charge is -2.37. The predicted molar refractivity (Wildman–Crippen MR) is 66.8 cm³/mol. The van der Waals surface area contributed by atoms with Crippen molar-refractivity contribution < 1.29 is 9.53 Å². The quantitative estimate of drug-likeness (QED) is 0.729. The van der Waals surface area contributed by atoms with Crippen LogP contribution in [0.4, 0.5) is 0 Å². The minimum atomic E-state index is 0.322. The molecule has 1 amide bonds. The lowest BCUT2D eigenvalue weighted by Crippen LogP contribution is -2.48. The number of nitrogens with one attached hydrogen (secondary N) is 1. The number of hydrogen-bond donors (Lipinski definition) is 1. The minimum absolute atomic E-state index is 0.322. The van der Waals surface area contributed by atoms with E-state index in [1.54, 1.807) is 0 Å². The third kappa shape index (κ3) is 3.19. The molecule has 2 unspecified atom stereocenters. The van der Waals surface area contributed by atoms with Crippen LogP contribution in [-0.2, 0) is 9.53 Å². The molecule has 2 aliphatic rings. The van der Waals surface area contributed by atoms with Gasteiger partial charge in [-0.1, -0.05) is 0 Å². The summed E-state index contributed by atoms with van der Waals surface area (Å²) in [6, 6.07) is 0.461. The van der Waals surface area contributed by atoms with Crippen LogP contribution in [0, 0.1) is 5.92 Å². The maximum Gasteiger partial charge on any atom is 0.222 e. The molecule has 0 bridgehead atoms. The van der Waals surface area contributed by atoms with Gasteiger partial charge in [0.2, 0.25) is 5.91 Å². The molecule has 2 atom stereocenters. The first-order valence-corrected chi connectivity index (χ1v) is 6.91. The SMILES string of the molecule is CCOCCCC(=O)N1CCCC2CNCC21. The van der Waals surface area contributed by atoms with Gasteiger partial charge in [0.15, 0.2) is 0 Å². The fraction of sp³-hybridized carbons (Fsp3) is 0.923. The fourth-order valence-electron chi connectivity index (χ4n) is 2.99. The standard InChI is InChI=1S/C13H24N2O2/c1-2-17-8-4-6-13(16)15-7-3-5-11-9-14-10-12(11)15/h11-12,14H,2-10H2,1H3. The van der Waals surface area contributed by atoms with Crippen LogP contribution in [0.5, 0.6) is 0 Å². The summed E-state index contributed by atoms with van der Waals surface area (Å²) >= 11 is 0. The van der Waals surface area contributed by atoms with E-state index in [2.05, 4.69) is 10.2 Å². The Kier molecular flexibility index (Phi) is 4.80. The largest absolute Gasteiger partial charge is 0.382 e. The van der Waals surface area contributed by atoms with Crippen LogP contribution in [0.1, 0.15) is 32.6 Å². The second kappa shape index (κ2) is 6.36. The first-order valence-electron chi connectivity index (χ1n) is 6.91. The topological polar surface area (TPSA) is 41.6 Å². The molecule has 0 spiro atoms. The Labute approximate surface area is 104 Å². The van der Waals surface area contributed by atoms with Crippen molar-refractivity contribution in [2.45, 2.75) is 38.6 Å². The van der Waals surface area contributed by atoms with Gasteiger partial charge in [-0.25, -0.2) is 0 Å². The van der Waals surface area contributed by atoms with Gasteiger partial charge < -0.3 is 15.0 Å². The highest BCUT2D eigenvalue weighted by atomic mass is 16.5. The van der Waals surface area contributed by atoms with E-state index < -0.39 is 0 Å². The zero-order valence-corrected chi connectivity index (χ0v) is 10.8. The van der Waals surface area contributed by atoms with Crippen molar-refractivity contribution in [2.75, 3.05) is 32.8 Å². The monoisotopic (exact) mass is 240 g/mol. The van der Waals surface area contributed by atoms with Gasteiger partial charge in [-0.15, -0.1) is 0 Å². The second-order valence-corrected chi connectivity index (χ2v) is 5.02. The molecule has 0 radical (unpaired) electrons. The van der Waals surface area contributed by atoms with E-state index in [1.807, 2.05) is 6.92 Å². The Balaban J connectivity index is 1.77. The molecule has 0 aromatic carbocycles. The average Bonchev–Trinajstić information content (AvgIpc) is 2.82. The van der Waals surface area contributed by atoms with Crippen LogP contribution in [0.2, 0.25) is 0 Å². The highest BCUT2D eigenvalue weighted by Crippen LogP contribution is 2.26. The minimum Gasteiger partial charge on any atom is -0.382 e. The van der Waals surface area contributed by atoms with E-state index in [4.69, 9.17) is 4.74 Å². The molecule has 4 nitrogen and oxygen atoms in total. The summed E-state index contributed by atoms with van der Waals surface area (Å²) in [4.78, 5) is 14.3. The van der Waals surface area contributed by atoms with E-state index in [0.717, 1.165) is 32.7 Å². The molecular formula is C13H24N2O2. The van der Waals surface area contributed by atoms with Crippen molar-refractivity contribution in [3.8, 4) is 0 Å². The number of rotatable bonds is 5. The smallest absolute Gasteiger partial charge is 0.222 e. The number of piperidine rings is 1. The first-order chi connectivity index (χ1) is 8.33. The molecular weight excluding hydrogens is 216 g/mol. The predicted octanol–water partition coefficient (Wildman–Crippen LogP) is 1.01. The highest BCUT2D eigenvalue weighted by Gasteiger charge is 2.36. The van der Waals surface area contributed by atoms with Crippen LogP contribution in [-0.4, -0.2) is 49.7 Å². The normalized spacial score (nSPS) is 28.2. The Morgan fingerprint density at radius 2 is 2.35 bits per heavy atom. The Hall–Kier alpha value is -0.610. The molecule has 0 aromatic rings. The van der Waals surface area contributed by atoms with Crippen molar-refractivity contribution in [1.29, 1.82) is 0 Å². The molecule has 0 saturated carbocycles. The summed E-state index contributed by atoms with van der Waals surface area (Å²) in [5.41, 5.74) is 0. The summed E-state index contributed by atoms with van der Waals surface area (Å²) < 4.78 is 5.27. The molecule has 2 heterocycles. The number of carbonyl (C=O) groups is 1. The van der Waals surface area contributed by atoms with Crippen molar-refractivity contribution >= 4 is 5.91 Å². The molecule has 2 saturated heterocycles. The van der Waals surface area contributed by atoms with Gasteiger partial charge >= 0.3 is 0 Å². The molecule has 2 fully saturated rings. The number of nitrogens with zero attached hydrogens (tertiary/aromatic N) is 1. The zero-order valence-electron chi connectivity index (χ0n) is 10.8. The summed E-state index contributed by atoms with van der Waals surface area (Å²) in [6.07, 6.45) is 3.94. The van der Waals surface area contributed by atoms with Crippen LogP contribution in [0.15, 0.2) is 0 Å². The van der Waals surface area contributed by atoms with E-state index in [1.165, 1.54) is 12.8 Å².